The molecule has 6 atom stereocenters. The molecule has 1 aromatic carbocycles. The molecule has 3 fully saturated rings. The van der Waals surface area contributed by atoms with E-state index < -0.39 is 29.6 Å². The number of ether oxygens (including phenoxy) is 2. The van der Waals surface area contributed by atoms with Gasteiger partial charge < -0.3 is 30.1 Å². The molecule has 3 heterocycles. The standard InChI is InChI=1S/C27H38BrN3O6/c1-3-5-6-13-29-25(34)23-27-16-19(28)22(37-27)20(21(27)26(35)31(23)14-7-8-15-32)24(33)30-17-9-11-18(12-10-17)36-4-2/h9-12,19-23,32H,3-8,13-16H2,1-2H3,(H,29,34)(H,30,33)/t19?,20-,21-,22-,23?,27?/m0/s1. The number of unbranched alkanes of at least 4 members (excludes halogenated alkanes) is 3. The maximum absolute atomic E-state index is 13.8. The van der Waals surface area contributed by atoms with Crippen molar-refractivity contribution in [2.75, 3.05) is 31.6 Å². The second-order valence-corrected chi connectivity index (χ2v) is 11.2. The monoisotopic (exact) mass is 579 g/mol. The average molecular weight is 581 g/mol. The first-order valence-electron chi connectivity index (χ1n) is 13.4. The smallest absolute Gasteiger partial charge is 0.245 e. The number of amides is 3. The number of carbonyl (C=O) groups is 3. The molecule has 0 aliphatic carbocycles. The minimum absolute atomic E-state index is 0.0135. The molecule has 1 spiro atoms. The Morgan fingerprint density at radius 2 is 1.92 bits per heavy atom. The van der Waals surface area contributed by atoms with Crippen molar-refractivity contribution >= 4 is 39.3 Å². The molecule has 3 unspecified atom stereocenters. The van der Waals surface area contributed by atoms with Crippen LogP contribution < -0.4 is 15.4 Å². The summed E-state index contributed by atoms with van der Waals surface area (Å²) in [4.78, 5) is 42.4. The molecule has 3 aliphatic rings. The molecule has 4 rings (SSSR count). The molecular formula is C27H38BrN3O6. The van der Waals surface area contributed by atoms with Crippen molar-refractivity contribution in [1.29, 1.82) is 0 Å². The molecule has 2 bridgehead atoms. The van der Waals surface area contributed by atoms with Gasteiger partial charge in [0.05, 0.1) is 24.5 Å². The van der Waals surface area contributed by atoms with Gasteiger partial charge in [-0.2, -0.15) is 0 Å². The Morgan fingerprint density at radius 1 is 1.16 bits per heavy atom. The van der Waals surface area contributed by atoms with Crippen LogP contribution in [0.1, 0.15) is 52.4 Å². The number of halogens is 1. The fourth-order valence-corrected chi connectivity index (χ4v) is 7.02. The number of benzene rings is 1. The lowest BCUT2D eigenvalue weighted by molar-refractivity contribution is -0.141. The van der Waals surface area contributed by atoms with Crippen LogP contribution in [-0.2, 0) is 19.1 Å². The third-order valence-electron chi connectivity index (χ3n) is 7.66. The molecule has 3 amide bonds. The number of fused-ring (bicyclic) bond motifs is 1. The van der Waals surface area contributed by atoms with E-state index in [1.165, 1.54) is 0 Å². The van der Waals surface area contributed by atoms with Gasteiger partial charge >= 0.3 is 0 Å². The van der Waals surface area contributed by atoms with Crippen molar-refractivity contribution < 1.29 is 29.0 Å². The number of hydrogen-bond acceptors (Lipinski definition) is 6. The summed E-state index contributed by atoms with van der Waals surface area (Å²) in [5.41, 5.74) is -0.461. The van der Waals surface area contributed by atoms with Crippen molar-refractivity contribution in [1.82, 2.24) is 10.2 Å². The Labute approximate surface area is 226 Å². The van der Waals surface area contributed by atoms with E-state index in [2.05, 4.69) is 33.5 Å². The number of nitrogens with zero attached hydrogens (tertiary/aromatic N) is 1. The fourth-order valence-electron chi connectivity index (χ4n) is 6.07. The van der Waals surface area contributed by atoms with Crippen LogP contribution in [0.15, 0.2) is 24.3 Å². The van der Waals surface area contributed by atoms with Crippen LogP contribution in [0.25, 0.3) is 0 Å². The lowest BCUT2D eigenvalue weighted by atomic mass is 9.70. The first kappa shape index (κ1) is 27.9. The number of anilines is 1. The highest BCUT2D eigenvalue weighted by Crippen LogP contribution is 2.60. The maximum atomic E-state index is 13.8. The van der Waals surface area contributed by atoms with Gasteiger partial charge in [-0.05, 0) is 56.9 Å². The molecule has 0 aromatic heterocycles. The third-order valence-corrected chi connectivity index (χ3v) is 8.50. The van der Waals surface area contributed by atoms with Gasteiger partial charge in [-0.3, -0.25) is 14.4 Å². The Balaban J connectivity index is 1.58. The number of carbonyl (C=O) groups excluding carboxylic acids is 3. The highest BCUT2D eigenvalue weighted by atomic mass is 79.9. The molecule has 3 N–H and O–H groups in total. The predicted molar refractivity (Wildman–Crippen MR) is 143 cm³/mol. The Hall–Kier alpha value is -2.17. The SMILES string of the molecule is CCCCCNC(=O)C1N(CCCCO)C(=O)[C@@H]2[C@H](C(=O)Nc3ccc(OCC)cc3)[C@H]3OC12CC3Br. The highest BCUT2D eigenvalue weighted by molar-refractivity contribution is 9.09. The van der Waals surface area contributed by atoms with Crippen LogP contribution in [-0.4, -0.2) is 76.6 Å². The van der Waals surface area contributed by atoms with Crippen LogP contribution in [0.3, 0.4) is 0 Å². The van der Waals surface area contributed by atoms with Crippen LogP contribution in [0, 0.1) is 11.8 Å². The average Bonchev–Trinajstić information content (AvgIpc) is 3.47. The van der Waals surface area contributed by atoms with Crippen LogP contribution in [0.2, 0.25) is 0 Å². The molecular weight excluding hydrogens is 542 g/mol. The summed E-state index contributed by atoms with van der Waals surface area (Å²) in [5.74, 6) is -1.51. The van der Waals surface area contributed by atoms with Gasteiger partial charge in [-0.25, -0.2) is 0 Å². The summed E-state index contributed by atoms with van der Waals surface area (Å²) in [7, 11) is 0. The van der Waals surface area contributed by atoms with E-state index in [0.717, 1.165) is 19.3 Å². The maximum Gasteiger partial charge on any atom is 0.245 e. The Kier molecular flexibility index (Phi) is 9.13. The summed E-state index contributed by atoms with van der Waals surface area (Å²) < 4.78 is 12.0. The predicted octanol–water partition coefficient (Wildman–Crippen LogP) is 2.85. The van der Waals surface area contributed by atoms with Crippen molar-refractivity contribution in [2.45, 2.75) is 74.9 Å². The number of hydrogen-bond donors (Lipinski definition) is 3. The zero-order chi connectivity index (χ0) is 26.6. The first-order chi connectivity index (χ1) is 17.9. The summed E-state index contributed by atoms with van der Waals surface area (Å²) in [6, 6.07) is 6.30. The van der Waals surface area contributed by atoms with E-state index in [4.69, 9.17) is 9.47 Å². The van der Waals surface area contributed by atoms with Gasteiger partial charge in [0, 0.05) is 30.2 Å². The van der Waals surface area contributed by atoms with Crippen molar-refractivity contribution in [3.8, 4) is 5.75 Å². The van der Waals surface area contributed by atoms with Crippen molar-refractivity contribution in [3.05, 3.63) is 24.3 Å². The van der Waals surface area contributed by atoms with Gasteiger partial charge in [0.1, 0.15) is 17.4 Å². The molecule has 0 radical (unpaired) electrons. The summed E-state index contributed by atoms with van der Waals surface area (Å²) >= 11 is 3.69. The zero-order valence-corrected chi connectivity index (χ0v) is 23.2. The number of likely N-dealkylation sites (tertiary alicyclic amines) is 1. The lowest BCUT2D eigenvalue weighted by Gasteiger charge is -2.34. The molecule has 10 heteroatoms. The van der Waals surface area contributed by atoms with Gasteiger partial charge in [0.2, 0.25) is 17.7 Å². The van der Waals surface area contributed by atoms with Crippen LogP contribution in [0.4, 0.5) is 5.69 Å². The minimum atomic E-state index is -1.06. The highest BCUT2D eigenvalue weighted by Gasteiger charge is 2.76. The molecule has 3 aliphatic heterocycles. The molecule has 9 nitrogen and oxygen atoms in total. The van der Waals surface area contributed by atoms with E-state index in [-0.39, 0.29) is 29.2 Å². The first-order valence-corrected chi connectivity index (χ1v) is 14.3. The third kappa shape index (κ3) is 5.38. The number of nitrogens with one attached hydrogen (secondary N) is 2. The lowest BCUT2D eigenvalue weighted by Crippen LogP contribution is -2.56. The minimum Gasteiger partial charge on any atom is -0.494 e. The van der Waals surface area contributed by atoms with Crippen molar-refractivity contribution in [2.24, 2.45) is 11.8 Å². The second kappa shape index (κ2) is 12.1. The quantitative estimate of drug-likeness (QED) is 0.244. The van der Waals surface area contributed by atoms with Gasteiger partial charge in [0.15, 0.2) is 0 Å². The molecule has 37 heavy (non-hydrogen) atoms. The Bertz CT molecular complexity index is 975. The van der Waals surface area contributed by atoms with E-state index in [9.17, 15) is 19.5 Å². The van der Waals surface area contributed by atoms with Crippen LogP contribution in [0.5, 0.6) is 5.75 Å². The summed E-state index contributed by atoms with van der Waals surface area (Å²) in [5, 5.41) is 15.2. The molecule has 3 saturated heterocycles. The molecule has 1 aromatic rings. The van der Waals surface area contributed by atoms with Crippen molar-refractivity contribution in [3.63, 3.8) is 0 Å². The molecule has 0 saturated carbocycles. The second-order valence-electron chi connectivity index (χ2n) is 10.1. The normalized spacial score (nSPS) is 29.9. The number of alkyl halides is 1. The molecule has 204 valence electrons. The van der Waals surface area contributed by atoms with Crippen LogP contribution >= 0.6 is 15.9 Å². The van der Waals surface area contributed by atoms with Gasteiger partial charge in [-0.1, -0.05) is 35.7 Å². The summed E-state index contributed by atoms with van der Waals surface area (Å²) in [6.07, 6.45) is 3.97. The van der Waals surface area contributed by atoms with Gasteiger partial charge in [-0.15, -0.1) is 0 Å². The number of aliphatic hydroxyl groups excluding tert-OH is 1. The van der Waals surface area contributed by atoms with E-state index >= 15 is 0 Å². The summed E-state index contributed by atoms with van der Waals surface area (Å²) in [6.45, 7) is 5.43. The van der Waals surface area contributed by atoms with Gasteiger partial charge in [0.25, 0.3) is 0 Å². The Morgan fingerprint density at radius 3 is 2.59 bits per heavy atom. The largest absolute Gasteiger partial charge is 0.494 e. The topological polar surface area (TPSA) is 117 Å². The van der Waals surface area contributed by atoms with E-state index in [0.29, 0.717) is 50.4 Å². The number of aliphatic hydroxyl groups is 1. The fraction of sp³-hybridized carbons (Fsp3) is 0.667. The zero-order valence-electron chi connectivity index (χ0n) is 21.6. The number of rotatable bonds is 13. The van der Waals surface area contributed by atoms with E-state index in [1.54, 1.807) is 29.2 Å². The van der Waals surface area contributed by atoms with E-state index in [1.807, 2.05) is 6.92 Å².